The van der Waals surface area contributed by atoms with Crippen molar-refractivity contribution in [1.29, 1.82) is 0 Å². The highest BCUT2D eigenvalue weighted by Gasteiger charge is 2.10. The smallest absolute Gasteiger partial charge is 0.270 e. The van der Waals surface area contributed by atoms with Crippen molar-refractivity contribution >= 4 is 40.6 Å². The second-order valence-electron chi connectivity index (χ2n) is 4.92. The molecule has 0 saturated carbocycles. The minimum Gasteiger partial charge on any atom is -0.461 e. The zero-order valence-electron chi connectivity index (χ0n) is 12.5. The number of para-hydroxylation sites is 1. The van der Waals surface area contributed by atoms with Crippen molar-refractivity contribution in [2.45, 2.75) is 12.8 Å². The second kappa shape index (κ2) is 8.10. The van der Waals surface area contributed by atoms with Crippen molar-refractivity contribution in [3.63, 3.8) is 0 Å². The molecule has 0 radical (unpaired) electrons. The Morgan fingerprint density at radius 3 is 2.91 bits per heavy atom. The van der Waals surface area contributed by atoms with Crippen molar-refractivity contribution in [3.8, 4) is 0 Å². The number of carbonyl (C=O) groups is 1. The summed E-state index contributed by atoms with van der Waals surface area (Å²) in [6.45, 7) is 1.06. The van der Waals surface area contributed by atoms with Crippen molar-refractivity contribution < 1.29 is 9.21 Å². The minimum atomic E-state index is -0.157. The van der Waals surface area contributed by atoms with Gasteiger partial charge < -0.3 is 15.5 Å². The number of nitrogens with zero attached hydrogens (tertiary/aromatic N) is 1. The molecule has 2 aromatic heterocycles. The summed E-state index contributed by atoms with van der Waals surface area (Å²) in [5.41, 5.74) is 6.80. The molecule has 0 atom stereocenters. The van der Waals surface area contributed by atoms with Gasteiger partial charge in [0.05, 0.1) is 5.01 Å². The number of fused-ring (bicyclic) bond motifs is 1. The fourth-order valence-electron chi connectivity index (χ4n) is 2.20. The van der Waals surface area contributed by atoms with Crippen LogP contribution in [0, 0.1) is 0 Å². The molecule has 0 aliphatic rings. The van der Waals surface area contributed by atoms with Crippen LogP contribution in [0.25, 0.3) is 11.0 Å². The molecule has 0 aliphatic heterocycles. The Kier molecular flexibility index (Phi) is 6.15. The fourth-order valence-corrected chi connectivity index (χ4v) is 3.00. The van der Waals surface area contributed by atoms with Crippen LogP contribution in [0.4, 0.5) is 0 Å². The largest absolute Gasteiger partial charge is 0.461 e. The molecule has 0 fully saturated rings. The Morgan fingerprint density at radius 2 is 2.13 bits per heavy atom. The zero-order chi connectivity index (χ0) is 15.4. The zero-order valence-corrected chi connectivity index (χ0v) is 14.1. The second-order valence-corrected chi connectivity index (χ2v) is 5.86. The van der Waals surface area contributed by atoms with Gasteiger partial charge in [-0.2, -0.15) is 0 Å². The van der Waals surface area contributed by atoms with Gasteiger partial charge in [-0.25, -0.2) is 4.98 Å². The predicted molar refractivity (Wildman–Crippen MR) is 94.4 cm³/mol. The van der Waals surface area contributed by atoms with Crippen LogP contribution in [0.3, 0.4) is 0 Å². The number of hydrogen-bond donors (Lipinski definition) is 2. The summed E-state index contributed by atoms with van der Waals surface area (Å²) < 4.78 is 5.71. The van der Waals surface area contributed by atoms with E-state index in [2.05, 4.69) is 10.3 Å². The third kappa shape index (κ3) is 4.31. The Bertz CT molecular complexity index is 751. The number of aromatic nitrogens is 1. The molecule has 7 heteroatoms. The summed E-state index contributed by atoms with van der Waals surface area (Å²) in [5, 5.41) is 6.60. The van der Waals surface area contributed by atoms with Crippen LogP contribution in [-0.4, -0.2) is 24.0 Å². The van der Waals surface area contributed by atoms with Crippen LogP contribution >= 0.6 is 23.7 Å². The number of hydrogen-bond acceptors (Lipinski definition) is 5. The minimum absolute atomic E-state index is 0. The maximum atomic E-state index is 12.0. The molecular weight excluding hydrogens is 334 g/mol. The number of benzene rings is 1. The number of carbonyl (C=O) groups excluding carboxylic acids is 1. The van der Waals surface area contributed by atoms with E-state index in [-0.39, 0.29) is 18.3 Å². The van der Waals surface area contributed by atoms with Crippen molar-refractivity contribution in [2.24, 2.45) is 5.73 Å². The van der Waals surface area contributed by atoms with Gasteiger partial charge in [0, 0.05) is 30.2 Å². The maximum absolute atomic E-state index is 12.0. The standard InChI is InChI=1S/C16H17N3O2S.ClH/c17-7-5-15-19-13(10-22-15)16(20)18-8-6-12-9-11-3-1-2-4-14(11)21-12;/h1-4,9-10H,5-8,17H2,(H,18,20);1H. The van der Waals surface area contributed by atoms with Crippen LogP contribution in [0.2, 0.25) is 0 Å². The van der Waals surface area contributed by atoms with Crippen LogP contribution in [0.1, 0.15) is 21.3 Å². The lowest BCUT2D eigenvalue weighted by molar-refractivity contribution is 0.0949. The summed E-state index contributed by atoms with van der Waals surface area (Å²) >= 11 is 1.46. The molecule has 23 heavy (non-hydrogen) atoms. The number of nitrogens with one attached hydrogen (secondary N) is 1. The molecule has 5 nitrogen and oxygen atoms in total. The van der Waals surface area contributed by atoms with Crippen LogP contribution < -0.4 is 11.1 Å². The molecular formula is C16H18ClN3O2S. The fraction of sp³-hybridized carbons (Fsp3) is 0.250. The topological polar surface area (TPSA) is 81.1 Å². The number of thiazole rings is 1. The number of amides is 1. The number of furan rings is 1. The van der Waals surface area contributed by atoms with E-state index in [1.165, 1.54) is 11.3 Å². The van der Waals surface area contributed by atoms with E-state index in [0.29, 0.717) is 31.6 Å². The molecule has 0 saturated heterocycles. The van der Waals surface area contributed by atoms with E-state index in [4.69, 9.17) is 10.2 Å². The lowest BCUT2D eigenvalue weighted by atomic mass is 10.2. The third-order valence-corrected chi connectivity index (χ3v) is 4.18. The summed E-state index contributed by atoms with van der Waals surface area (Å²) in [6.07, 6.45) is 1.36. The molecule has 122 valence electrons. The van der Waals surface area contributed by atoms with Gasteiger partial charge in [0.25, 0.3) is 5.91 Å². The lowest BCUT2D eigenvalue weighted by Crippen LogP contribution is -2.25. The molecule has 0 spiro atoms. The van der Waals surface area contributed by atoms with Gasteiger partial charge in [-0.05, 0) is 18.7 Å². The van der Waals surface area contributed by atoms with Crippen molar-refractivity contribution in [2.75, 3.05) is 13.1 Å². The highest BCUT2D eigenvalue weighted by atomic mass is 35.5. The Balaban J connectivity index is 0.00000192. The van der Waals surface area contributed by atoms with E-state index in [1.54, 1.807) is 5.38 Å². The van der Waals surface area contributed by atoms with E-state index in [1.807, 2.05) is 30.3 Å². The molecule has 3 aromatic rings. The molecule has 3 rings (SSSR count). The third-order valence-electron chi connectivity index (χ3n) is 3.28. The summed E-state index contributed by atoms with van der Waals surface area (Å²) in [4.78, 5) is 16.3. The van der Waals surface area contributed by atoms with Crippen LogP contribution in [0.5, 0.6) is 0 Å². The molecule has 3 N–H and O–H groups in total. The van der Waals surface area contributed by atoms with Gasteiger partial charge in [-0.3, -0.25) is 4.79 Å². The SMILES string of the molecule is Cl.NCCc1nc(C(=O)NCCc2cc3ccccc3o2)cs1. The van der Waals surface area contributed by atoms with Gasteiger partial charge in [0.1, 0.15) is 17.0 Å². The first kappa shape index (κ1) is 17.5. The first-order chi connectivity index (χ1) is 10.8. The van der Waals surface area contributed by atoms with E-state index in [9.17, 15) is 4.79 Å². The van der Waals surface area contributed by atoms with Crippen LogP contribution in [0.15, 0.2) is 40.1 Å². The van der Waals surface area contributed by atoms with Gasteiger partial charge in [-0.15, -0.1) is 23.7 Å². The average molecular weight is 352 g/mol. The van der Waals surface area contributed by atoms with E-state index < -0.39 is 0 Å². The van der Waals surface area contributed by atoms with Crippen molar-refractivity contribution in [3.05, 3.63) is 52.2 Å². The molecule has 0 unspecified atom stereocenters. The monoisotopic (exact) mass is 351 g/mol. The first-order valence-electron chi connectivity index (χ1n) is 7.16. The van der Waals surface area contributed by atoms with E-state index in [0.717, 1.165) is 21.7 Å². The van der Waals surface area contributed by atoms with Gasteiger partial charge >= 0.3 is 0 Å². The molecule has 1 aromatic carbocycles. The Labute approximate surface area is 144 Å². The number of nitrogens with two attached hydrogens (primary N) is 1. The summed E-state index contributed by atoms with van der Waals surface area (Å²) in [7, 11) is 0. The number of halogens is 1. The molecule has 1 amide bonds. The van der Waals surface area contributed by atoms with Crippen LogP contribution in [-0.2, 0) is 12.8 Å². The Morgan fingerprint density at radius 1 is 1.30 bits per heavy atom. The molecule has 0 bridgehead atoms. The quantitative estimate of drug-likeness (QED) is 0.715. The normalized spacial score (nSPS) is 10.5. The predicted octanol–water partition coefficient (Wildman–Crippen LogP) is 2.78. The average Bonchev–Trinajstić information content (AvgIpc) is 3.13. The van der Waals surface area contributed by atoms with Gasteiger partial charge in [0.15, 0.2) is 0 Å². The highest BCUT2D eigenvalue weighted by molar-refractivity contribution is 7.09. The summed E-state index contributed by atoms with van der Waals surface area (Å²) in [5.74, 6) is 0.708. The first-order valence-corrected chi connectivity index (χ1v) is 8.04. The Hall–Kier alpha value is -1.89. The lowest BCUT2D eigenvalue weighted by Gasteiger charge is -2.01. The maximum Gasteiger partial charge on any atom is 0.270 e. The van der Waals surface area contributed by atoms with Gasteiger partial charge in [-0.1, -0.05) is 18.2 Å². The summed E-state index contributed by atoms with van der Waals surface area (Å²) in [6, 6.07) is 9.87. The molecule has 0 aliphatic carbocycles. The van der Waals surface area contributed by atoms with Crippen molar-refractivity contribution in [1.82, 2.24) is 10.3 Å². The van der Waals surface area contributed by atoms with E-state index >= 15 is 0 Å². The highest BCUT2D eigenvalue weighted by Crippen LogP contribution is 2.18. The number of rotatable bonds is 6. The molecule has 2 heterocycles. The van der Waals surface area contributed by atoms with Gasteiger partial charge in [0.2, 0.25) is 0 Å².